The third kappa shape index (κ3) is 3.95. The maximum Gasteiger partial charge on any atom is 0.124 e. The number of aliphatic hydroxyl groups is 1. The quantitative estimate of drug-likeness (QED) is 0.821. The van der Waals surface area contributed by atoms with Gasteiger partial charge in [0.25, 0.3) is 0 Å². The summed E-state index contributed by atoms with van der Waals surface area (Å²) in [4.78, 5) is 2.37. The number of benzene rings is 1. The minimum Gasteiger partial charge on any atom is -0.496 e. The van der Waals surface area contributed by atoms with Crippen LogP contribution in [-0.2, 0) is 0 Å². The van der Waals surface area contributed by atoms with Crippen molar-refractivity contribution in [3.8, 4) is 5.75 Å². The minimum atomic E-state index is -0.489. The van der Waals surface area contributed by atoms with Crippen LogP contribution in [0, 0.1) is 5.92 Å². The van der Waals surface area contributed by atoms with Gasteiger partial charge in [0.1, 0.15) is 5.75 Å². The first-order valence-electron chi connectivity index (χ1n) is 7.16. The zero-order valence-electron chi connectivity index (χ0n) is 12.2. The van der Waals surface area contributed by atoms with E-state index in [2.05, 4.69) is 18.7 Å². The first-order chi connectivity index (χ1) is 9.11. The van der Waals surface area contributed by atoms with E-state index in [1.54, 1.807) is 7.11 Å². The summed E-state index contributed by atoms with van der Waals surface area (Å²) in [5, 5.41) is 10.5. The van der Waals surface area contributed by atoms with Gasteiger partial charge in [-0.3, -0.25) is 4.90 Å². The molecule has 0 amide bonds. The van der Waals surface area contributed by atoms with Crippen LogP contribution < -0.4 is 4.74 Å². The van der Waals surface area contributed by atoms with Crippen molar-refractivity contribution in [3.63, 3.8) is 0 Å². The molecule has 1 atom stereocenters. The summed E-state index contributed by atoms with van der Waals surface area (Å²) >= 11 is 0. The third-order valence-corrected chi connectivity index (χ3v) is 3.83. The Kier molecular flexibility index (Phi) is 4.83. The molecule has 1 aliphatic carbocycles. The predicted octanol–water partition coefficient (Wildman–Crippen LogP) is 2.85. The number of hydrogen-bond donors (Lipinski definition) is 1. The molecule has 0 aromatic heterocycles. The maximum absolute atomic E-state index is 10.5. The van der Waals surface area contributed by atoms with Crippen molar-refractivity contribution in [2.45, 2.75) is 38.8 Å². The molecule has 19 heavy (non-hydrogen) atoms. The van der Waals surface area contributed by atoms with Crippen LogP contribution in [0.15, 0.2) is 24.3 Å². The molecule has 1 aromatic carbocycles. The van der Waals surface area contributed by atoms with Crippen molar-refractivity contribution >= 4 is 0 Å². The summed E-state index contributed by atoms with van der Waals surface area (Å²) in [7, 11) is 1.65. The van der Waals surface area contributed by atoms with Crippen LogP contribution in [0.1, 0.15) is 38.4 Å². The largest absolute Gasteiger partial charge is 0.496 e. The standard InChI is InChI=1S/C16H25NO2/c1-12(2)17(10-13-8-9-13)11-15(18)14-6-4-5-7-16(14)19-3/h4-7,12-13,15,18H,8-11H2,1-3H3. The fourth-order valence-electron chi connectivity index (χ4n) is 2.39. The van der Waals surface area contributed by atoms with E-state index in [0.29, 0.717) is 12.6 Å². The van der Waals surface area contributed by atoms with Gasteiger partial charge in [-0.15, -0.1) is 0 Å². The minimum absolute atomic E-state index is 0.463. The molecule has 0 spiro atoms. The smallest absolute Gasteiger partial charge is 0.124 e. The lowest BCUT2D eigenvalue weighted by Crippen LogP contribution is -2.36. The van der Waals surface area contributed by atoms with Crippen LogP contribution in [0.2, 0.25) is 0 Å². The van der Waals surface area contributed by atoms with Crippen molar-refractivity contribution in [2.24, 2.45) is 5.92 Å². The monoisotopic (exact) mass is 263 g/mol. The molecule has 0 heterocycles. The molecular weight excluding hydrogens is 238 g/mol. The Hall–Kier alpha value is -1.06. The Bertz CT molecular complexity index is 401. The van der Waals surface area contributed by atoms with E-state index in [9.17, 15) is 5.11 Å². The molecule has 0 bridgehead atoms. The molecule has 2 rings (SSSR count). The zero-order valence-corrected chi connectivity index (χ0v) is 12.2. The van der Waals surface area contributed by atoms with E-state index in [1.165, 1.54) is 12.8 Å². The number of nitrogens with zero attached hydrogens (tertiary/aromatic N) is 1. The number of aliphatic hydroxyl groups excluding tert-OH is 1. The predicted molar refractivity (Wildman–Crippen MR) is 77.4 cm³/mol. The number of hydrogen-bond acceptors (Lipinski definition) is 3. The first-order valence-corrected chi connectivity index (χ1v) is 7.16. The van der Waals surface area contributed by atoms with Crippen molar-refractivity contribution in [1.29, 1.82) is 0 Å². The van der Waals surface area contributed by atoms with Crippen LogP contribution in [0.3, 0.4) is 0 Å². The Morgan fingerprint density at radius 3 is 2.58 bits per heavy atom. The highest BCUT2D eigenvalue weighted by atomic mass is 16.5. The van der Waals surface area contributed by atoms with Crippen LogP contribution in [-0.4, -0.2) is 36.2 Å². The Balaban J connectivity index is 2.02. The van der Waals surface area contributed by atoms with Gasteiger partial charge in [-0.1, -0.05) is 18.2 Å². The van der Waals surface area contributed by atoms with Gasteiger partial charge in [-0.25, -0.2) is 0 Å². The van der Waals surface area contributed by atoms with Gasteiger partial charge < -0.3 is 9.84 Å². The maximum atomic E-state index is 10.5. The average Bonchev–Trinajstić information content (AvgIpc) is 3.21. The van der Waals surface area contributed by atoms with Crippen LogP contribution in [0.25, 0.3) is 0 Å². The fourth-order valence-corrected chi connectivity index (χ4v) is 2.39. The Morgan fingerprint density at radius 1 is 1.32 bits per heavy atom. The van der Waals surface area contributed by atoms with Gasteiger partial charge >= 0.3 is 0 Å². The summed E-state index contributed by atoms with van der Waals surface area (Å²) in [6, 6.07) is 8.18. The first kappa shape index (κ1) is 14.4. The van der Waals surface area contributed by atoms with E-state index < -0.39 is 6.10 Å². The molecule has 1 unspecified atom stereocenters. The SMILES string of the molecule is COc1ccccc1C(O)CN(CC1CC1)C(C)C. The molecule has 1 aromatic rings. The molecule has 0 aliphatic heterocycles. The highest BCUT2D eigenvalue weighted by molar-refractivity contribution is 5.35. The molecule has 3 nitrogen and oxygen atoms in total. The van der Waals surface area contributed by atoms with Crippen molar-refractivity contribution in [2.75, 3.05) is 20.2 Å². The average molecular weight is 263 g/mol. The lowest BCUT2D eigenvalue weighted by molar-refractivity contribution is 0.0905. The van der Waals surface area contributed by atoms with Crippen molar-refractivity contribution in [1.82, 2.24) is 4.90 Å². The van der Waals surface area contributed by atoms with E-state index in [1.807, 2.05) is 24.3 Å². The van der Waals surface area contributed by atoms with Gasteiger partial charge in [0.15, 0.2) is 0 Å². The van der Waals surface area contributed by atoms with E-state index in [-0.39, 0.29) is 0 Å². The molecule has 0 saturated heterocycles. The lowest BCUT2D eigenvalue weighted by Gasteiger charge is -2.29. The summed E-state index contributed by atoms with van der Waals surface area (Å²) in [6.07, 6.45) is 2.19. The fraction of sp³-hybridized carbons (Fsp3) is 0.625. The molecule has 1 N–H and O–H groups in total. The van der Waals surface area contributed by atoms with Crippen LogP contribution in [0.4, 0.5) is 0 Å². The molecule has 1 aliphatic rings. The van der Waals surface area contributed by atoms with E-state index in [0.717, 1.165) is 23.8 Å². The Labute approximate surface area is 116 Å². The van der Waals surface area contributed by atoms with Gasteiger partial charge in [-0.05, 0) is 38.7 Å². The lowest BCUT2D eigenvalue weighted by atomic mass is 10.1. The van der Waals surface area contributed by atoms with Crippen LogP contribution >= 0.6 is 0 Å². The van der Waals surface area contributed by atoms with Crippen molar-refractivity contribution < 1.29 is 9.84 Å². The normalized spacial score (nSPS) is 16.9. The highest BCUT2D eigenvalue weighted by Crippen LogP contribution is 2.32. The van der Waals surface area contributed by atoms with Gasteiger partial charge in [0, 0.05) is 24.7 Å². The molecule has 1 saturated carbocycles. The third-order valence-electron chi connectivity index (χ3n) is 3.83. The van der Waals surface area contributed by atoms with E-state index >= 15 is 0 Å². The summed E-state index contributed by atoms with van der Waals surface area (Å²) < 4.78 is 5.32. The second-order valence-electron chi connectivity index (χ2n) is 5.75. The van der Waals surface area contributed by atoms with E-state index in [4.69, 9.17) is 4.74 Å². The molecule has 106 valence electrons. The summed E-state index contributed by atoms with van der Waals surface area (Å²) in [5.74, 6) is 1.61. The van der Waals surface area contributed by atoms with Gasteiger partial charge in [0.05, 0.1) is 13.2 Å². The second kappa shape index (κ2) is 6.40. The molecule has 1 fully saturated rings. The molecule has 3 heteroatoms. The van der Waals surface area contributed by atoms with Crippen LogP contribution in [0.5, 0.6) is 5.75 Å². The molecule has 0 radical (unpaired) electrons. The number of ether oxygens (including phenoxy) is 1. The Morgan fingerprint density at radius 2 is 2.00 bits per heavy atom. The number of rotatable bonds is 7. The van der Waals surface area contributed by atoms with Gasteiger partial charge in [-0.2, -0.15) is 0 Å². The number of para-hydroxylation sites is 1. The number of methoxy groups -OCH3 is 1. The topological polar surface area (TPSA) is 32.7 Å². The molecular formula is C16H25NO2. The zero-order chi connectivity index (χ0) is 13.8. The summed E-state index contributed by atoms with van der Waals surface area (Å²) in [6.45, 7) is 6.16. The van der Waals surface area contributed by atoms with Crippen molar-refractivity contribution in [3.05, 3.63) is 29.8 Å². The highest BCUT2D eigenvalue weighted by Gasteiger charge is 2.27. The summed E-state index contributed by atoms with van der Waals surface area (Å²) in [5.41, 5.74) is 0.881. The van der Waals surface area contributed by atoms with Gasteiger partial charge in [0.2, 0.25) is 0 Å². The second-order valence-corrected chi connectivity index (χ2v) is 5.75.